The first-order chi connectivity index (χ1) is 12.1. The molecule has 142 valence electrons. The number of nitrogens with one attached hydrogen (secondary N) is 3. The average molecular weight is 372 g/mol. The molecule has 3 unspecified atom stereocenters. The molecule has 7 nitrogen and oxygen atoms in total. The Balaban J connectivity index is 1.44. The third-order valence-corrected chi connectivity index (χ3v) is 6.20. The lowest BCUT2D eigenvalue weighted by atomic mass is 10.0. The second-order valence-corrected chi connectivity index (χ2v) is 7.88. The Hall–Kier alpha value is -1.44. The Kier molecular flexibility index (Phi) is 8.37. The maximum absolute atomic E-state index is 11.8. The van der Waals surface area contributed by atoms with Gasteiger partial charge in [-0.3, -0.25) is 9.59 Å². The Morgan fingerprint density at radius 1 is 1.16 bits per heavy atom. The molecule has 2 rings (SSSR count). The van der Waals surface area contributed by atoms with Crippen molar-refractivity contribution in [3.63, 3.8) is 0 Å². The van der Waals surface area contributed by atoms with Crippen LogP contribution < -0.4 is 16.0 Å². The SMILES string of the molecule is COC(=O)CCCCCNC(=O)CCCCC1SCC2NC(=O)NC21. The molecule has 2 aliphatic rings. The van der Waals surface area contributed by atoms with Crippen molar-refractivity contribution in [2.45, 2.75) is 68.7 Å². The van der Waals surface area contributed by atoms with E-state index in [1.807, 2.05) is 11.8 Å². The topological polar surface area (TPSA) is 96.5 Å². The third kappa shape index (κ3) is 6.76. The molecule has 0 aromatic carbocycles. The van der Waals surface area contributed by atoms with Crippen molar-refractivity contribution in [2.75, 3.05) is 19.4 Å². The van der Waals surface area contributed by atoms with Gasteiger partial charge in [-0.25, -0.2) is 4.79 Å². The highest BCUT2D eigenvalue weighted by Crippen LogP contribution is 2.33. The van der Waals surface area contributed by atoms with E-state index in [1.165, 1.54) is 7.11 Å². The molecule has 0 radical (unpaired) electrons. The van der Waals surface area contributed by atoms with Crippen LogP contribution in [-0.4, -0.2) is 54.6 Å². The van der Waals surface area contributed by atoms with Crippen molar-refractivity contribution in [1.82, 2.24) is 16.0 Å². The molecule has 2 fully saturated rings. The summed E-state index contributed by atoms with van der Waals surface area (Å²) in [4.78, 5) is 34.1. The molecule has 8 heteroatoms. The minimum Gasteiger partial charge on any atom is -0.469 e. The summed E-state index contributed by atoms with van der Waals surface area (Å²) < 4.78 is 4.58. The quantitative estimate of drug-likeness (QED) is 0.291. The summed E-state index contributed by atoms with van der Waals surface area (Å²) in [6.07, 6.45) is 6.52. The van der Waals surface area contributed by atoms with Gasteiger partial charge in [0.1, 0.15) is 0 Å². The fourth-order valence-corrected chi connectivity index (χ4v) is 4.81. The fourth-order valence-electron chi connectivity index (χ4n) is 3.26. The first kappa shape index (κ1) is 19.9. The monoisotopic (exact) mass is 371 g/mol. The second kappa shape index (κ2) is 10.5. The van der Waals surface area contributed by atoms with E-state index in [0.717, 1.165) is 44.3 Å². The summed E-state index contributed by atoms with van der Waals surface area (Å²) >= 11 is 1.91. The van der Waals surface area contributed by atoms with Crippen LogP contribution in [0.5, 0.6) is 0 Å². The van der Waals surface area contributed by atoms with Gasteiger partial charge in [0.25, 0.3) is 0 Å². The van der Waals surface area contributed by atoms with Gasteiger partial charge in [0.15, 0.2) is 0 Å². The van der Waals surface area contributed by atoms with Crippen molar-refractivity contribution < 1.29 is 19.1 Å². The molecule has 0 spiro atoms. The van der Waals surface area contributed by atoms with Crippen molar-refractivity contribution in [2.24, 2.45) is 0 Å². The summed E-state index contributed by atoms with van der Waals surface area (Å²) in [5.41, 5.74) is 0. The zero-order valence-corrected chi connectivity index (χ0v) is 15.7. The lowest BCUT2D eigenvalue weighted by molar-refractivity contribution is -0.140. The lowest BCUT2D eigenvalue weighted by Gasteiger charge is -2.16. The van der Waals surface area contributed by atoms with Crippen LogP contribution in [0.3, 0.4) is 0 Å². The number of hydrogen-bond acceptors (Lipinski definition) is 5. The molecule has 25 heavy (non-hydrogen) atoms. The highest BCUT2D eigenvalue weighted by Gasteiger charge is 2.42. The van der Waals surface area contributed by atoms with Crippen LogP contribution in [-0.2, 0) is 14.3 Å². The van der Waals surface area contributed by atoms with Crippen LogP contribution in [0.2, 0.25) is 0 Å². The molecule has 0 bridgehead atoms. The maximum atomic E-state index is 11.8. The minimum absolute atomic E-state index is 0.0498. The smallest absolute Gasteiger partial charge is 0.315 e. The summed E-state index contributed by atoms with van der Waals surface area (Å²) in [6.45, 7) is 0.667. The van der Waals surface area contributed by atoms with Crippen LogP contribution in [0.25, 0.3) is 0 Å². The van der Waals surface area contributed by atoms with E-state index in [2.05, 4.69) is 20.7 Å². The number of methoxy groups -OCH3 is 1. The number of carbonyl (C=O) groups is 3. The average Bonchev–Trinajstić information content (AvgIpc) is 3.14. The largest absolute Gasteiger partial charge is 0.469 e. The first-order valence-electron chi connectivity index (χ1n) is 9.12. The Labute approximate surface area is 153 Å². The van der Waals surface area contributed by atoms with Crippen molar-refractivity contribution >= 4 is 29.7 Å². The number of carbonyl (C=O) groups excluding carboxylic acids is 3. The zero-order chi connectivity index (χ0) is 18.1. The zero-order valence-electron chi connectivity index (χ0n) is 14.8. The van der Waals surface area contributed by atoms with Crippen LogP contribution >= 0.6 is 11.8 Å². The summed E-state index contributed by atoms with van der Waals surface area (Å²) in [5.74, 6) is 0.898. The minimum atomic E-state index is -0.177. The molecule has 2 heterocycles. The third-order valence-electron chi connectivity index (χ3n) is 4.69. The van der Waals surface area contributed by atoms with E-state index in [4.69, 9.17) is 0 Å². The molecular weight excluding hydrogens is 342 g/mol. The van der Waals surface area contributed by atoms with Crippen molar-refractivity contribution in [3.8, 4) is 0 Å². The van der Waals surface area contributed by atoms with Gasteiger partial charge in [0, 0.05) is 30.4 Å². The van der Waals surface area contributed by atoms with Crippen LogP contribution in [0.1, 0.15) is 51.4 Å². The molecule has 3 amide bonds. The highest BCUT2D eigenvalue weighted by molar-refractivity contribution is 8.00. The van der Waals surface area contributed by atoms with E-state index < -0.39 is 0 Å². The predicted octanol–water partition coefficient (Wildman–Crippen LogP) is 1.56. The first-order valence-corrected chi connectivity index (χ1v) is 10.2. The predicted molar refractivity (Wildman–Crippen MR) is 97.5 cm³/mol. The number of hydrogen-bond donors (Lipinski definition) is 3. The van der Waals surface area contributed by atoms with E-state index in [-0.39, 0.29) is 30.0 Å². The molecule has 2 saturated heterocycles. The number of ether oxygens (including phenoxy) is 1. The van der Waals surface area contributed by atoms with Crippen LogP contribution in [0.15, 0.2) is 0 Å². The van der Waals surface area contributed by atoms with E-state index in [1.54, 1.807) is 0 Å². The Morgan fingerprint density at radius 3 is 2.76 bits per heavy atom. The van der Waals surface area contributed by atoms with Crippen molar-refractivity contribution in [1.29, 1.82) is 0 Å². The number of unbranched alkanes of at least 4 members (excludes halogenated alkanes) is 3. The summed E-state index contributed by atoms with van der Waals surface area (Å²) in [5, 5.41) is 9.32. The molecular formula is C17H29N3O4S. The van der Waals surface area contributed by atoms with E-state index >= 15 is 0 Å². The fraction of sp³-hybridized carbons (Fsp3) is 0.824. The highest BCUT2D eigenvalue weighted by atomic mass is 32.2. The van der Waals surface area contributed by atoms with E-state index in [0.29, 0.717) is 24.6 Å². The number of urea groups is 1. The van der Waals surface area contributed by atoms with Crippen LogP contribution in [0.4, 0.5) is 4.79 Å². The molecule has 2 aliphatic heterocycles. The van der Waals surface area contributed by atoms with Gasteiger partial charge in [0.05, 0.1) is 19.2 Å². The number of rotatable bonds is 11. The molecule has 0 aromatic heterocycles. The van der Waals surface area contributed by atoms with Gasteiger partial charge in [0.2, 0.25) is 5.91 Å². The second-order valence-electron chi connectivity index (χ2n) is 6.60. The van der Waals surface area contributed by atoms with Gasteiger partial charge >= 0.3 is 12.0 Å². The van der Waals surface area contributed by atoms with Gasteiger partial charge in [-0.15, -0.1) is 0 Å². The molecule has 0 aromatic rings. The normalized spacial score (nSPS) is 24.4. The van der Waals surface area contributed by atoms with Gasteiger partial charge in [-0.1, -0.05) is 12.8 Å². The van der Waals surface area contributed by atoms with Gasteiger partial charge < -0.3 is 20.7 Å². The van der Waals surface area contributed by atoms with Gasteiger partial charge in [-0.05, 0) is 25.7 Å². The van der Waals surface area contributed by atoms with Gasteiger partial charge in [-0.2, -0.15) is 11.8 Å². The lowest BCUT2D eigenvalue weighted by Crippen LogP contribution is -2.36. The number of thioether (sulfide) groups is 1. The number of esters is 1. The Morgan fingerprint density at radius 2 is 1.96 bits per heavy atom. The van der Waals surface area contributed by atoms with Crippen LogP contribution in [0, 0.1) is 0 Å². The number of fused-ring (bicyclic) bond motifs is 1. The maximum Gasteiger partial charge on any atom is 0.315 e. The Bertz CT molecular complexity index is 475. The molecule has 0 aliphatic carbocycles. The van der Waals surface area contributed by atoms with E-state index in [9.17, 15) is 14.4 Å². The molecule has 0 saturated carbocycles. The number of amides is 3. The molecule has 3 atom stereocenters. The van der Waals surface area contributed by atoms with Crippen molar-refractivity contribution in [3.05, 3.63) is 0 Å². The summed E-state index contributed by atoms with van der Waals surface area (Å²) in [6, 6.07) is 0.465. The summed E-state index contributed by atoms with van der Waals surface area (Å²) in [7, 11) is 1.40. The molecule has 3 N–H and O–H groups in total. The standard InChI is InChI=1S/C17H29N3O4S/c1-24-15(22)9-3-2-6-10-18-14(21)8-5-4-7-13-16-12(11-25-13)19-17(23)20-16/h12-13,16H,2-11H2,1H3,(H,18,21)(H2,19,20,23).